The summed E-state index contributed by atoms with van der Waals surface area (Å²) in [6.45, 7) is 5.77. The van der Waals surface area contributed by atoms with Crippen LogP contribution in [0.1, 0.15) is 37.3 Å². The summed E-state index contributed by atoms with van der Waals surface area (Å²) in [4.78, 5) is 2.48. The maximum atomic E-state index is 10.8. The van der Waals surface area contributed by atoms with Crippen LogP contribution in [0.2, 0.25) is 0 Å². The zero-order valence-corrected chi connectivity index (χ0v) is 19.2. The number of nitrogens with zero attached hydrogens (tertiary/aromatic N) is 1. The van der Waals surface area contributed by atoms with Gasteiger partial charge in [-0.05, 0) is 55.6 Å². The number of aliphatic hydroxyl groups excluding tert-OH is 1. The smallest absolute Gasteiger partial charge is 0.160 e. The Morgan fingerprint density at radius 3 is 2.45 bits per heavy atom. The standard InChI is InChI=1S/C26H38N2O3/c1-4-8-23-22(24(29)19-28(23)18-21-9-6-5-7-10-21)14-16-27-15-13-20-11-12-25(30-2)26(17-20)31-3/h5-7,9-12,17,22-24,27,29H,4,8,13-16,18-19H2,1-3H3/t22-,23+,24+/m1/s1. The summed E-state index contributed by atoms with van der Waals surface area (Å²) in [6.07, 6.45) is 3.98. The zero-order valence-electron chi connectivity index (χ0n) is 19.2. The number of β-amino-alcohol motifs (C(OH)–C–C–N with tert-alkyl or cyclic N) is 1. The van der Waals surface area contributed by atoms with Crippen LogP contribution in [0, 0.1) is 5.92 Å². The van der Waals surface area contributed by atoms with E-state index in [0.29, 0.717) is 12.0 Å². The van der Waals surface area contributed by atoms with E-state index in [0.717, 1.165) is 63.4 Å². The van der Waals surface area contributed by atoms with Gasteiger partial charge in [-0.3, -0.25) is 4.90 Å². The van der Waals surface area contributed by atoms with Crippen molar-refractivity contribution in [1.82, 2.24) is 10.2 Å². The topological polar surface area (TPSA) is 54.0 Å². The molecular formula is C26H38N2O3. The molecule has 0 aliphatic carbocycles. The van der Waals surface area contributed by atoms with Crippen molar-refractivity contribution in [1.29, 1.82) is 0 Å². The summed E-state index contributed by atoms with van der Waals surface area (Å²) in [5, 5.41) is 14.4. The Balaban J connectivity index is 1.47. The molecule has 1 aliphatic heterocycles. The Morgan fingerprint density at radius 2 is 1.74 bits per heavy atom. The van der Waals surface area contributed by atoms with Crippen LogP contribution >= 0.6 is 0 Å². The van der Waals surface area contributed by atoms with Gasteiger partial charge in [0, 0.05) is 25.0 Å². The van der Waals surface area contributed by atoms with Crippen molar-refractivity contribution in [2.45, 2.75) is 51.3 Å². The average molecular weight is 427 g/mol. The van der Waals surface area contributed by atoms with Crippen LogP contribution in [0.15, 0.2) is 48.5 Å². The molecule has 5 nitrogen and oxygen atoms in total. The fourth-order valence-electron chi connectivity index (χ4n) is 4.78. The Morgan fingerprint density at radius 1 is 0.968 bits per heavy atom. The zero-order chi connectivity index (χ0) is 22.1. The number of rotatable bonds is 12. The molecule has 0 aromatic heterocycles. The number of hydrogen-bond donors (Lipinski definition) is 2. The SMILES string of the molecule is CCC[C@H]1[C@@H](CCNCCc2ccc(OC)c(OC)c2)[C@@H](O)CN1Cc1ccccc1. The molecular weight excluding hydrogens is 388 g/mol. The highest BCUT2D eigenvalue weighted by Gasteiger charge is 2.39. The largest absolute Gasteiger partial charge is 0.493 e. The van der Waals surface area contributed by atoms with E-state index < -0.39 is 0 Å². The molecule has 0 amide bonds. The normalized spacial score (nSPS) is 21.4. The minimum Gasteiger partial charge on any atom is -0.493 e. The van der Waals surface area contributed by atoms with Crippen molar-refractivity contribution in [2.75, 3.05) is 33.9 Å². The highest BCUT2D eigenvalue weighted by molar-refractivity contribution is 5.42. The van der Waals surface area contributed by atoms with Gasteiger partial charge in [0.15, 0.2) is 11.5 Å². The van der Waals surface area contributed by atoms with Crippen LogP contribution in [-0.2, 0) is 13.0 Å². The third kappa shape index (κ3) is 6.45. The number of hydrogen-bond acceptors (Lipinski definition) is 5. The summed E-state index contributed by atoms with van der Waals surface area (Å²) >= 11 is 0. The van der Waals surface area contributed by atoms with Gasteiger partial charge >= 0.3 is 0 Å². The minimum absolute atomic E-state index is 0.243. The Hall–Kier alpha value is -2.08. The van der Waals surface area contributed by atoms with Crippen molar-refractivity contribution < 1.29 is 14.6 Å². The van der Waals surface area contributed by atoms with Gasteiger partial charge in [-0.15, -0.1) is 0 Å². The van der Waals surface area contributed by atoms with Gasteiger partial charge in [-0.25, -0.2) is 0 Å². The van der Waals surface area contributed by atoms with Crippen LogP contribution in [-0.4, -0.2) is 56.0 Å². The number of benzene rings is 2. The molecule has 0 bridgehead atoms. The number of likely N-dealkylation sites (tertiary alicyclic amines) is 1. The van der Waals surface area contributed by atoms with Crippen LogP contribution in [0.4, 0.5) is 0 Å². The molecule has 170 valence electrons. The van der Waals surface area contributed by atoms with Gasteiger partial charge < -0.3 is 19.9 Å². The van der Waals surface area contributed by atoms with E-state index in [1.54, 1.807) is 14.2 Å². The fraction of sp³-hybridized carbons (Fsp3) is 0.538. The quantitative estimate of drug-likeness (QED) is 0.505. The molecule has 2 N–H and O–H groups in total. The second-order valence-electron chi connectivity index (χ2n) is 8.48. The van der Waals surface area contributed by atoms with Crippen molar-refractivity contribution in [3.05, 3.63) is 59.7 Å². The summed E-state index contributed by atoms with van der Waals surface area (Å²) < 4.78 is 10.7. The molecule has 2 aromatic carbocycles. The lowest BCUT2D eigenvalue weighted by atomic mass is 9.91. The molecule has 31 heavy (non-hydrogen) atoms. The second kappa shape index (κ2) is 12.1. The maximum absolute atomic E-state index is 10.8. The van der Waals surface area contributed by atoms with Gasteiger partial charge in [0.05, 0.1) is 20.3 Å². The predicted octanol–water partition coefficient (Wildman–Crippen LogP) is 3.89. The highest BCUT2D eigenvalue weighted by Crippen LogP contribution is 2.32. The molecule has 1 aliphatic rings. The van der Waals surface area contributed by atoms with Crippen molar-refractivity contribution in [2.24, 2.45) is 5.92 Å². The van der Waals surface area contributed by atoms with Gasteiger partial charge in [0.2, 0.25) is 0 Å². The van der Waals surface area contributed by atoms with E-state index in [9.17, 15) is 5.11 Å². The molecule has 0 spiro atoms. The first-order valence-corrected chi connectivity index (χ1v) is 11.5. The summed E-state index contributed by atoms with van der Waals surface area (Å²) in [6, 6.07) is 17.1. The molecule has 2 aromatic rings. The Kier molecular flexibility index (Phi) is 9.19. The lowest BCUT2D eigenvalue weighted by molar-refractivity contribution is 0.131. The van der Waals surface area contributed by atoms with Crippen LogP contribution in [0.5, 0.6) is 11.5 Å². The van der Waals surface area contributed by atoms with Gasteiger partial charge in [-0.2, -0.15) is 0 Å². The summed E-state index contributed by atoms with van der Waals surface area (Å²) in [7, 11) is 3.32. The summed E-state index contributed by atoms with van der Waals surface area (Å²) in [5.74, 6) is 1.86. The molecule has 3 atom stereocenters. The second-order valence-corrected chi connectivity index (χ2v) is 8.48. The molecule has 3 rings (SSSR count). The monoisotopic (exact) mass is 426 g/mol. The fourth-order valence-corrected chi connectivity index (χ4v) is 4.78. The molecule has 0 unspecified atom stereocenters. The van der Waals surface area contributed by atoms with Gasteiger partial charge in [-0.1, -0.05) is 49.7 Å². The number of methoxy groups -OCH3 is 2. The maximum Gasteiger partial charge on any atom is 0.160 e. The predicted molar refractivity (Wildman–Crippen MR) is 126 cm³/mol. The van der Waals surface area contributed by atoms with Crippen molar-refractivity contribution in [3.8, 4) is 11.5 Å². The molecule has 5 heteroatoms. The van der Waals surface area contributed by atoms with Crippen LogP contribution < -0.4 is 14.8 Å². The molecule has 1 fully saturated rings. The van der Waals surface area contributed by atoms with Crippen molar-refractivity contribution in [3.63, 3.8) is 0 Å². The van der Waals surface area contributed by atoms with E-state index in [1.807, 2.05) is 12.1 Å². The third-order valence-electron chi connectivity index (χ3n) is 6.38. The first-order chi connectivity index (χ1) is 15.2. The number of aliphatic hydroxyl groups is 1. The van der Waals surface area contributed by atoms with Gasteiger partial charge in [0.25, 0.3) is 0 Å². The molecule has 1 heterocycles. The number of nitrogens with one attached hydrogen (secondary N) is 1. The van der Waals surface area contributed by atoms with E-state index in [1.165, 1.54) is 11.1 Å². The Bertz CT molecular complexity index is 783. The van der Waals surface area contributed by atoms with Crippen LogP contribution in [0.25, 0.3) is 0 Å². The lowest BCUT2D eigenvalue weighted by Crippen LogP contribution is -2.34. The molecule has 0 saturated carbocycles. The lowest BCUT2D eigenvalue weighted by Gasteiger charge is -2.28. The minimum atomic E-state index is -0.243. The first kappa shape index (κ1) is 23.6. The average Bonchev–Trinajstić information content (AvgIpc) is 3.08. The van der Waals surface area contributed by atoms with E-state index in [-0.39, 0.29) is 6.10 Å². The molecule has 0 radical (unpaired) electrons. The van der Waals surface area contributed by atoms with E-state index in [4.69, 9.17) is 9.47 Å². The number of ether oxygens (including phenoxy) is 2. The van der Waals surface area contributed by atoms with Crippen LogP contribution in [0.3, 0.4) is 0 Å². The Labute approximate surface area is 187 Å². The third-order valence-corrected chi connectivity index (χ3v) is 6.38. The van der Waals surface area contributed by atoms with Crippen molar-refractivity contribution >= 4 is 0 Å². The summed E-state index contributed by atoms with van der Waals surface area (Å²) in [5.41, 5.74) is 2.55. The highest BCUT2D eigenvalue weighted by atomic mass is 16.5. The van der Waals surface area contributed by atoms with E-state index in [2.05, 4.69) is 53.5 Å². The van der Waals surface area contributed by atoms with Gasteiger partial charge in [0.1, 0.15) is 0 Å². The van der Waals surface area contributed by atoms with E-state index >= 15 is 0 Å². The molecule has 1 saturated heterocycles. The first-order valence-electron chi connectivity index (χ1n) is 11.5.